The van der Waals surface area contributed by atoms with Gasteiger partial charge in [-0.1, -0.05) is 17.7 Å². The van der Waals surface area contributed by atoms with Crippen LogP contribution in [0.25, 0.3) is 0 Å². The Morgan fingerprint density at radius 1 is 1.58 bits per heavy atom. The highest BCUT2D eigenvalue weighted by Gasteiger charge is 2.26. The fourth-order valence-electron chi connectivity index (χ4n) is 1.70. The van der Waals surface area contributed by atoms with Gasteiger partial charge in [0.1, 0.15) is 5.15 Å². The zero-order valence-electron chi connectivity index (χ0n) is 10.4. The summed E-state index contributed by atoms with van der Waals surface area (Å²) in [6.07, 6.45) is 1.96. The highest BCUT2D eigenvalue weighted by Crippen LogP contribution is 2.10. The minimum Gasteiger partial charge on any atom is -0.337 e. The Morgan fingerprint density at radius 3 is 3.05 bits per heavy atom. The monoisotopic (exact) mass is 277 g/mol. The van der Waals surface area contributed by atoms with Gasteiger partial charge in [0.15, 0.2) is 6.19 Å². The smallest absolute Gasteiger partial charge is 0.290 e. The average Bonchev–Trinajstić information content (AvgIpc) is 2.40. The van der Waals surface area contributed by atoms with Crippen LogP contribution in [0.4, 0.5) is 0 Å². The Kier molecular flexibility index (Phi) is 3.97. The lowest BCUT2D eigenvalue weighted by Gasteiger charge is -2.25. The minimum atomic E-state index is -0.255. The molecule has 1 amide bonds. The Hall–Kier alpha value is -2.13. The van der Waals surface area contributed by atoms with Crippen LogP contribution in [-0.2, 0) is 11.3 Å². The molecule has 0 bridgehead atoms. The molecule has 0 aliphatic carbocycles. The van der Waals surface area contributed by atoms with Gasteiger partial charge in [-0.05, 0) is 12.1 Å². The molecule has 98 valence electrons. The molecular weight excluding hydrogens is 266 g/mol. The van der Waals surface area contributed by atoms with Crippen molar-refractivity contribution in [3.8, 4) is 6.19 Å². The van der Waals surface area contributed by atoms with Crippen LogP contribution in [0, 0.1) is 11.5 Å². The Labute approximate surface area is 115 Å². The van der Waals surface area contributed by atoms with Crippen molar-refractivity contribution in [2.45, 2.75) is 6.54 Å². The largest absolute Gasteiger partial charge is 0.337 e. The molecule has 2 heterocycles. The molecule has 1 aliphatic heterocycles. The second-order valence-corrected chi connectivity index (χ2v) is 4.46. The van der Waals surface area contributed by atoms with E-state index in [9.17, 15) is 10.1 Å². The fourth-order valence-corrected chi connectivity index (χ4v) is 1.89. The molecule has 7 heteroatoms. The van der Waals surface area contributed by atoms with E-state index in [1.165, 1.54) is 9.80 Å². The first-order valence-electron chi connectivity index (χ1n) is 5.70. The fraction of sp³-hybridized carbons (Fsp3) is 0.333. The summed E-state index contributed by atoms with van der Waals surface area (Å²) >= 11 is 5.79. The molecule has 0 fully saturated rings. The normalized spacial score (nSPS) is 14.9. The molecule has 1 aromatic rings. The first kappa shape index (κ1) is 13.3. The molecule has 1 aromatic heterocycles. The Bertz CT molecular complexity index is 565. The highest BCUT2D eigenvalue weighted by molar-refractivity contribution is 6.38. The topological polar surface area (TPSA) is 72.6 Å². The van der Waals surface area contributed by atoms with Gasteiger partial charge in [-0.3, -0.25) is 14.7 Å². The van der Waals surface area contributed by atoms with Crippen LogP contribution in [-0.4, -0.2) is 46.7 Å². The van der Waals surface area contributed by atoms with Gasteiger partial charge < -0.3 is 4.90 Å². The van der Waals surface area contributed by atoms with Crippen LogP contribution in [0.15, 0.2) is 23.2 Å². The first-order valence-corrected chi connectivity index (χ1v) is 6.08. The number of rotatable bonds is 2. The standard InChI is InChI=1S/C12H12ClN5O/c1-17-6-5-15-11(12(17)19)18(8-14)7-9-3-2-4-10(13)16-9/h2-4H,5-7H2,1H3. The van der Waals surface area contributed by atoms with Gasteiger partial charge in [0.25, 0.3) is 5.91 Å². The number of aromatic nitrogens is 1. The second kappa shape index (κ2) is 5.67. The van der Waals surface area contributed by atoms with E-state index < -0.39 is 0 Å². The summed E-state index contributed by atoms with van der Waals surface area (Å²) in [7, 11) is 1.68. The summed E-state index contributed by atoms with van der Waals surface area (Å²) in [5, 5.41) is 9.53. The van der Waals surface area contributed by atoms with E-state index >= 15 is 0 Å². The van der Waals surface area contributed by atoms with Crippen molar-refractivity contribution in [1.29, 1.82) is 5.26 Å². The number of carbonyl (C=O) groups is 1. The third kappa shape index (κ3) is 3.01. The SMILES string of the molecule is CN1CCN=C(N(C#N)Cc2cccc(Cl)n2)C1=O. The highest BCUT2D eigenvalue weighted by atomic mass is 35.5. The number of aliphatic imine (C=N–C) groups is 1. The van der Waals surface area contributed by atoms with Crippen molar-refractivity contribution in [3.05, 3.63) is 29.0 Å². The van der Waals surface area contributed by atoms with Crippen molar-refractivity contribution in [2.75, 3.05) is 20.1 Å². The van der Waals surface area contributed by atoms with Crippen molar-refractivity contribution < 1.29 is 4.79 Å². The van der Waals surface area contributed by atoms with E-state index in [4.69, 9.17) is 11.6 Å². The van der Waals surface area contributed by atoms with Crippen molar-refractivity contribution in [2.24, 2.45) is 4.99 Å². The van der Waals surface area contributed by atoms with E-state index in [-0.39, 0.29) is 18.3 Å². The van der Waals surface area contributed by atoms with E-state index in [1.807, 2.05) is 6.19 Å². The summed E-state index contributed by atoms with van der Waals surface area (Å²) in [6, 6.07) is 5.14. The molecule has 19 heavy (non-hydrogen) atoms. The number of halogens is 1. The van der Waals surface area contributed by atoms with Crippen LogP contribution in [0.2, 0.25) is 5.15 Å². The lowest BCUT2D eigenvalue weighted by molar-refractivity contribution is -0.123. The first-order chi connectivity index (χ1) is 9.11. The molecule has 0 spiro atoms. The third-order valence-electron chi connectivity index (χ3n) is 2.70. The third-order valence-corrected chi connectivity index (χ3v) is 2.91. The van der Waals surface area contributed by atoms with Gasteiger partial charge in [-0.15, -0.1) is 0 Å². The molecule has 0 N–H and O–H groups in total. The van der Waals surface area contributed by atoms with Crippen LogP contribution < -0.4 is 0 Å². The maximum atomic E-state index is 11.9. The number of nitrogens with zero attached hydrogens (tertiary/aromatic N) is 5. The number of likely N-dealkylation sites (N-methyl/N-ethyl adjacent to an activating group) is 1. The van der Waals surface area contributed by atoms with E-state index in [0.29, 0.717) is 23.9 Å². The summed E-state index contributed by atoms with van der Waals surface area (Å²) in [5.74, 6) is -0.104. The zero-order chi connectivity index (χ0) is 13.8. The maximum Gasteiger partial charge on any atom is 0.290 e. The van der Waals surface area contributed by atoms with Gasteiger partial charge in [0, 0.05) is 13.6 Å². The maximum absolute atomic E-state index is 11.9. The summed E-state index contributed by atoms with van der Waals surface area (Å²) in [5.41, 5.74) is 0.609. The van der Waals surface area contributed by atoms with Crippen LogP contribution in [0.1, 0.15) is 5.69 Å². The molecule has 6 nitrogen and oxygen atoms in total. The minimum absolute atomic E-state index is 0.151. The van der Waals surface area contributed by atoms with Gasteiger partial charge in [-0.2, -0.15) is 5.26 Å². The molecule has 0 radical (unpaired) electrons. The number of amidine groups is 1. The Balaban J connectivity index is 2.20. The predicted octanol–water partition coefficient (Wildman–Crippen LogP) is 0.889. The number of hydrogen-bond donors (Lipinski definition) is 0. The number of nitriles is 1. The summed E-state index contributed by atoms with van der Waals surface area (Å²) in [4.78, 5) is 22.9. The summed E-state index contributed by atoms with van der Waals surface area (Å²) in [6.45, 7) is 1.24. The van der Waals surface area contributed by atoms with E-state index in [1.54, 1.807) is 25.2 Å². The van der Waals surface area contributed by atoms with Gasteiger partial charge in [-0.25, -0.2) is 4.98 Å². The number of amides is 1. The van der Waals surface area contributed by atoms with Crippen molar-refractivity contribution in [1.82, 2.24) is 14.8 Å². The average molecular weight is 278 g/mol. The quantitative estimate of drug-likeness (QED) is 0.457. The second-order valence-electron chi connectivity index (χ2n) is 4.07. The van der Waals surface area contributed by atoms with Crippen molar-refractivity contribution in [3.63, 3.8) is 0 Å². The molecule has 0 aromatic carbocycles. The molecule has 0 saturated carbocycles. The van der Waals surface area contributed by atoms with E-state index in [0.717, 1.165) is 0 Å². The van der Waals surface area contributed by atoms with Crippen molar-refractivity contribution >= 4 is 23.3 Å². The molecule has 0 unspecified atom stereocenters. The van der Waals surface area contributed by atoms with E-state index in [2.05, 4.69) is 9.98 Å². The van der Waals surface area contributed by atoms with Gasteiger partial charge in [0.2, 0.25) is 5.84 Å². The molecule has 2 rings (SSSR count). The van der Waals surface area contributed by atoms with Gasteiger partial charge >= 0.3 is 0 Å². The number of hydrogen-bond acceptors (Lipinski definition) is 5. The Morgan fingerprint density at radius 2 is 2.37 bits per heavy atom. The predicted molar refractivity (Wildman–Crippen MR) is 70.3 cm³/mol. The zero-order valence-corrected chi connectivity index (χ0v) is 11.1. The molecule has 0 atom stereocenters. The summed E-state index contributed by atoms with van der Waals surface area (Å²) < 4.78 is 0. The molecular formula is C12H12ClN5O. The van der Waals surface area contributed by atoms with Crippen LogP contribution >= 0.6 is 11.6 Å². The van der Waals surface area contributed by atoms with Crippen LogP contribution in [0.3, 0.4) is 0 Å². The lowest BCUT2D eigenvalue weighted by Crippen LogP contribution is -2.46. The molecule has 1 aliphatic rings. The molecule has 0 saturated heterocycles. The van der Waals surface area contributed by atoms with Crippen LogP contribution in [0.5, 0.6) is 0 Å². The van der Waals surface area contributed by atoms with Gasteiger partial charge in [0.05, 0.1) is 18.8 Å². The number of carbonyl (C=O) groups excluding carboxylic acids is 1. The number of pyridine rings is 1. The lowest BCUT2D eigenvalue weighted by atomic mass is 10.3.